The fraction of sp³-hybridized carbons (Fsp3) is 0.211. The van der Waals surface area contributed by atoms with E-state index in [4.69, 9.17) is 10.5 Å². The molecular weight excluding hydrogens is 315 g/mol. The zero-order valence-corrected chi connectivity index (χ0v) is 14.4. The van der Waals surface area contributed by atoms with Crippen molar-refractivity contribution in [3.63, 3.8) is 0 Å². The minimum absolute atomic E-state index is 0.173. The Hall–Kier alpha value is -2.57. The third-order valence-electron chi connectivity index (χ3n) is 3.66. The van der Waals surface area contributed by atoms with Gasteiger partial charge in [0.1, 0.15) is 13.2 Å². The summed E-state index contributed by atoms with van der Waals surface area (Å²) in [7, 11) is -1.69. The van der Waals surface area contributed by atoms with Crippen LogP contribution in [0, 0.1) is 0 Å². The average molecular weight is 339 g/mol. The molecule has 6 heteroatoms. The number of benzene rings is 2. The summed E-state index contributed by atoms with van der Waals surface area (Å²) in [4.78, 5) is 3.04. The molecular formula is C19H24BN2O3+. The molecule has 0 radical (unpaired) electrons. The molecule has 130 valence electrons. The first-order chi connectivity index (χ1) is 12.1. The highest BCUT2D eigenvalue weighted by atomic mass is 16.5. The minimum atomic E-state index is -1.69. The molecule has 0 saturated heterocycles. The molecule has 0 aliphatic rings. The van der Waals surface area contributed by atoms with Gasteiger partial charge in [-0.2, -0.15) is 0 Å². The van der Waals surface area contributed by atoms with Gasteiger partial charge in [0.2, 0.25) is 11.4 Å². The van der Waals surface area contributed by atoms with Crippen molar-refractivity contribution in [2.24, 2.45) is 5.73 Å². The smallest absolute Gasteiger partial charge is 0.482 e. The molecule has 25 heavy (non-hydrogen) atoms. The quantitative estimate of drug-likeness (QED) is 0.314. The van der Waals surface area contributed by atoms with Crippen LogP contribution in [0.25, 0.3) is 0 Å². The molecule has 0 aromatic heterocycles. The van der Waals surface area contributed by atoms with E-state index in [9.17, 15) is 10.0 Å². The van der Waals surface area contributed by atoms with Crippen LogP contribution in [-0.4, -0.2) is 29.3 Å². The third kappa shape index (κ3) is 6.10. The van der Waals surface area contributed by atoms with Crippen molar-refractivity contribution in [2.45, 2.75) is 20.0 Å². The molecule has 0 bridgehead atoms. The highest BCUT2D eigenvalue weighted by Crippen LogP contribution is 2.09. The molecule has 0 unspecified atom stereocenters. The molecule has 0 spiro atoms. The van der Waals surface area contributed by atoms with Gasteiger partial charge in [-0.25, -0.2) is 4.99 Å². The zero-order chi connectivity index (χ0) is 18.1. The Balaban J connectivity index is 2.08. The van der Waals surface area contributed by atoms with Crippen LogP contribution >= 0.6 is 0 Å². The Morgan fingerprint density at radius 2 is 1.56 bits per heavy atom. The Labute approximate surface area is 148 Å². The van der Waals surface area contributed by atoms with Crippen molar-refractivity contribution in [2.75, 3.05) is 6.54 Å². The fourth-order valence-corrected chi connectivity index (χ4v) is 2.41. The van der Waals surface area contributed by atoms with Gasteiger partial charge in [0.25, 0.3) is 0 Å². The molecule has 2 rings (SSSR count). The molecule has 0 heterocycles. The lowest BCUT2D eigenvalue weighted by atomic mass is 9.81. The van der Waals surface area contributed by atoms with Crippen molar-refractivity contribution < 1.29 is 19.8 Å². The summed E-state index contributed by atoms with van der Waals surface area (Å²) >= 11 is 0. The van der Waals surface area contributed by atoms with E-state index >= 15 is 0 Å². The zero-order valence-electron chi connectivity index (χ0n) is 14.4. The van der Waals surface area contributed by atoms with E-state index in [0.717, 1.165) is 17.5 Å². The van der Waals surface area contributed by atoms with Crippen molar-refractivity contribution in [1.82, 2.24) is 0 Å². The van der Waals surface area contributed by atoms with Gasteiger partial charge in [0.15, 0.2) is 0 Å². The number of hydrogen-bond donors (Lipinski definition) is 4. The van der Waals surface area contributed by atoms with Gasteiger partial charge in [0.05, 0.1) is 5.70 Å². The summed E-state index contributed by atoms with van der Waals surface area (Å²) < 4.78 is 5.75. The van der Waals surface area contributed by atoms with E-state index in [1.54, 1.807) is 6.92 Å². The number of allylic oxidation sites excluding steroid dienone is 2. The first kappa shape index (κ1) is 18.8. The lowest BCUT2D eigenvalue weighted by Gasteiger charge is -2.11. The van der Waals surface area contributed by atoms with Crippen LogP contribution in [-0.2, 0) is 17.8 Å². The first-order valence-corrected chi connectivity index (χ1v) is 8.22. The summed E-state index contributed by atoms with van der Waals surface area (Å²) in [5, 5.41) is 19.4. The van der Waals surface area contributed by atoms with Gasteiger partial charge < -0.3 is 20.5 Å². The standard InChI is InChI=1S/C19H23BN2O3/c1-15(21)18(25-14-17-10-6-3-7-11-17)19(20(23)24)22-13-12-16-8-4-2-5-9-16/h2-11,23-24H,12-14,21H2,1H3/p+1/b18-15+,22-19?. The molecule has 0 saturated carbocycles. The Bertz CT molecular complexity index is 712. The molecule has 0 aliphatic heterocycles. The summed E-state index contributed by atoms with van der Waals surface area (Å²) in [5.41, 5.74) is 8.57. The number of rotatable bonds is 8. The average Bonchev–Trinajstić information content (AvgIpc) is 2.61. The molecule has 0 aliphatic carbocycles. The van der Waals surface area contributed by atoms with Crippen molar-refractivity contribution >= 4 is 12.7 Å². The Morgan fingerprint density at radius 3 is 2.08 bits per heavy atom. The molecule has 0 atom stereocenters. The molecule has 2 aromatic rings. The van der Waals surface area contributed by atoms with Crippen LogP contribution in [0.5, 0.6) is 0 Å². The molecule has 2 aromatic carbocycles. The number of nitrogens with two attached hydrogens (primary N) is 1. The van der Waals surface area contributed by atoms with Gasteiger partial charge >= 0.3 is 7.12 Å². The second-order valence-electron chi connectivity index (χ2n) is 5.74. The van der Waals surface area contributed by atoms with Crippen LogP contribution in [0.15, 0.2) is 72.1 Å². The predicted molar refractivity (Wildman–Crippen MR) is 99.3 cm³/mol. The van der Waals surface area contributed by atoms with Crippen molar-refractivity contribution in [1.29, 1.82) is 0 Å². The topological polar surface area (TPSA) is 89.7 Å². The lowest BCUT2D eigenvalue weighted by molar-refractivity contribution is -0.455. The monoisotopic (exact) mass is 339 g/mol. The van der Waals surface area contributed by atoms with Gasteiger partial charge in [-0.15, -0.1) is 0 Å². The molecule has 5 N–H and O–H groups in total. The van der Waals surface area contributed by atoms with Gasteiger partial charge in [0, 0.05) is 6.42 Å². The summed E-state index contributed by atoms with van der Waals surface area (Å²) in [6.45, 7) is 2.49. The highest BCUT2D eigenvalue weighted by Gasteiger charge is 2.30. The molecule has 5 nitrogen and oxygen atoms in total. The van der Waals surface area contributed by atoms with Crippen LogP contribution < -0.4 is 10.7 Å². The van der Waals surface area contributed by atoms with E-state index in [2.05, 4.69) is 4.99 Å². The lowest BCUT2D eigenvalue weighted by Crippen LogP contribution is -2.77. The maximum absolute atomic E-state index is 9.71. The second-order valence-corrected chi connectivity index (χ2v) is 5.74. The number of hydrogen-bond acceptors (Lipinski definition) is 4. The Morgan fingerprint density at radius 1 is 1.00 bits per heavy atom. The van der Waals surface area contributed by atoms with Crippen LogP contribution in [0.4, 0.5) is 0 Å². The first-order valence-electron chi connectivity index (χ1n) is 8.22. The molecule has 0 fully saturated rings. The maximum Gasteiger partial charge on any atom is 0.565 e. The molecule has 0 amide bonds. The second kappa shape index (κ2) is 9.66. The van der Waals surface area contributed by atoms with Crippen LogP contribution in [0.2, 0.25) is 0 Å². The number of ether oxygens (including phenoxy) is 1. The van der Waals surface area contributed by atoms with Crippen LogP contribution in [0.3, 0.4) is 0 Å². The summed E-state index contributed by atoms with van der Waals surface area (Å²) in [6, 6.07) is 19.6. The summed E-state index contributed by atoms with van der Waals surface area (Å²) in [6.07, 6.45) is 0.743. The van der Waals surface area contributed by atoms with E-state index in [-0.39, 0.29) is 11.4 Å². The van der Waals surface area contributed by atoms with Gasteiger partial charge in [-0.3, -0.25) is 0 Å². The highest BCUT2D eigenvalue weighted by molar-refractivity contribution is 6.81. The largest absolute Gasteiger partial charge is 0.565 e. The van der Waals surface area contributed by atoms with Crippen LogP contribution in [0.1, 0.15) is 18.1 Å². The van der Waals surface area contributed by atoms with Gasteiger partial charge in [-0.1, -0.05) is 60.7 Å². The number of nitrogens with one attached hydrogen (secondary N) is 1. The maximum atomic E-state index is 9.71. The third-order valence-corrected chi connectivity index (χ3v) is 3.66. The fourth-order valence-electron chi connectivity index (χ4n) is 2.41. The predicted octanol–water partition coefficient (Wildman–Crippen LogP) is 0.170. The van der Waals surface area contributed by atoms with Gasteiger partial charge in [-0.05, 0) is 18.1 Å². The van der Waals surface area contributed by atoms with E-state index in [1.807, 2.05) is 60.7 Å². The van der Waals surface area contributed by atoms with Crippen molar-refractivity contribution in [3.8, 4) is 0 Å². The van der Waals surface area contributed by atoms with E-state index in [1.165, 1.54) is 0 Å². The normalized spacial score (nSPS) is 12.5. The SMILES string of the molecule is C/C(N)=C(\OCc1ccccc1)C(=[NH+]CCc1ccccc1)B(O)O. The van der Waals surface area contributed by atoms with Crippen molar-refractivity contribution in [3.05, 3.63) is 83.2 Å². The van der Waals surface area contributed by atoms with E-state index in [0.29, 0.717) is 18.8 Å². The van der Waals surface area contributed by atoms with E-state index < -0.39 is 7.12 Å². The summed E-state index contributed by atoms with van der Waals surface area (Å²) in [5.74, 6) is 0.270. The minimum Gasteiger partial charge on any atom is -0.482 e. The Kier molecular flexibility index (Phi) is 7.25.